The summed E-state index contributed by atoms with van der Waals surface area (Å²) in [6, 6.07) is 2.88. The summed E-state index contributed by atoms with van der Waals surface area (Å²) in [4.78, 5) is 14.2. The zero-order chi connectivity index (χ0) is 23.6. The van der Waals surface area contributed by atoms with Crippen LogP contribution in [0.4, 0.5) is 0 Å². The Bertz CT molecular complexity index is 1020. The Labute approximate surface area is 207 Å². The summed E-state index contributed by atoms with van der Waals surface area (Å²) in [5.74, 6) is 7.29. The molecule has 178 valence electrons. The molecule has 1 unspecified atom stereocenters. The van der Waals surface area contributed by atoms with E-state index >= 15 is 0 Å². The molecule has 1 fully saturated rings. The van der Waals surface area contributed by atoms with Gasteiger partial charge in [0.1, 0.15) is 0 Å². The standard InChI is InChI=1S/C26H37N5S2/c1-6-8-12-28-16-22(19(3)9-7-2)24(27-5)23-18-33-26(30-23)25-29-15-20(4)31(25)17-21-10-13-32-14-11-21/h15-16,18,21,24,27H,6-7,9-11,13-14,17H2,1-5H3/b22-19-,28-16?. The Kier molecular flexibility index (Phi) is 10.2. The van der Waals surface area contributed by atoms with Gasteiger partial charge < -0.3 is 9.88 Å². The van der Waals surface area contributed by atoms with Crippen LogP contribution in [0.25, 0.3) is 10.8 Å². The molecule has 1 N–H and O–H groups in total. The molecule has 0 amide bonds. The molecule has 33 heavy (non-hydrogen) atoms. The van der Waals surface area contributed by atoms with Gasteiger partial charge in [0.05, 0.1) is 11.7 Å². The molecule has 1 atom stereocenters. The summed E-state index contributed by atoms with van der Waals surface area (Å²) in [5.41, 5.74) is 4.70. The average molecular weight is 484 g/mol. The number of rotatable bonds is 9. The maximum atomic E-state index is 5.06. The fourth-order valence-corrected chi connectivity index (χ4v) is 6.26. The number of aryl methyl sites for hydroxylation is 1. The van der Waals surface area contributed by atoms with Gasteiger partial charge in [0.15, 0.2) is 10.8 Å². The van der Waals surface area contributed by atoms with Crippen molar-refractivity contribution in [2.45, 2.75) is 72.4 Å². The predicted octanol–water partition coefficient (Wildman–Crippen LogP) is 6.28. The third-order valence-electron chi connectivity index (χ3n) is 6.09. The summed E-state index contributed by atoms with van der Waals surface area (Å²) >= 11 is 3.75. The third-order valence-corrected chi connectivity index (χ3v) is 7.99. The molecule has 5 nitrogen and oxygen atoms in total. The Morgan fingerprint density at radius 2 is 2.15 bits per heavy atom. The number of thioether (sulfide) groups is 1. The number of nitrogens with one attached hydrogen (secondary N) is 1. The van der Waals surface area contributed by atoms with E-state index in [0.29, 0.717) is 0 Å². The van der Waals surface area contributed by atoms with Crippen LogP contribution in [-0.2, 0) is 6.54 Å². The molecular weight excluding hydrogens is 446 g/mol. The van der Waals surface area contributed by atoms with Crippen LogP contribution in [0.15, 0.2) is 27.7 Å². The van der Waals surface area contributed by atoms with Crippen molar-refractivity contribution in [2.75, 3.05) is 18.6 Å². The van der Waals surface area contributed by atoms with Crippen LogP contribution in [0.3, 0.4) is 0 Å². The summed E-state index contributed by atoms with van der Waals surface area (Å²) in [6.45, 7) is 9.62. The molecule has 3 rings (SSSR count). The monoisotopic (exact) mass is 483 g/mol. The molecule has 2 aromatic heterocycles. The number of hydrogen-bond acceptors (Lipinski definition) is 6. The van der Waals surface area contributed by atoms with Crippen LogP contribution in [0.1, 0.15) is 70.3 Å². The van der Waals surface area contributed by atoms with E-state index in [1.165, 1.54) is 35.6 Å². The molecule has 0 aliphatic carbocycles. The molecule has 7 heteroatoms. The number of thiazole rings is 1. The lowest BCUT2D eigenvalue weighted by Gasteiger charge is -2.23. The number of nitrogens with zero attached hydrogens (tertiary/aromatic N) is 4. The minimum absolute atomic E-state index is 0.0198. The van der Waals surface area contributed by atoms with E-state index < -0.39 is 0 Å². The maximum Gasteiger partial charge on any atom is 0.169 e. The van der Waals surface area contributed by atoms with Crippen LogP contribution < -0.4 is 5.32 Å². The van der Waals surface area contributed by atoms with Gasteiger partial charge in [-0.2, -0.15) is 11.8 Å². The highest BCUT2D eigenvalue weighted by molar-refractivity contribution is 7.99. The molecule has 0 spiro atoms. The van der Waals surface area contributed by atoms with E-state index in [9.17, 15) is 0 Å². The summed E-state index contributed by atoms with van der Waals surface area (Å²) < 4.78 is 2.37. The van der Waals surface area contributed by atoms with E-state index in [1.54, 1.807) is 11.3 Å². The number of hydrogen-bond donors (Lipinski definition) is 1. The molecule has 0 radical (unpaired) electrons. The first-order chi connectivity index (χ1) is 16.1. The number of aliphatic imine (C=N–C) groups is 1. The number of allylic oxidation sites excluding steroid dienone is 1. The molecule has 2 aromatic rings. The van der Waals surface area contributed by atoms with Crippen LogP contribution in [-0.4, -0.2) is 39.3 Å². The van der Waals surface area contributed by atoms with Crippen molar-refractivity contribution in [2.24, 2.45) is 10.9 Å². The van der Waals surface area contributed by atoms with Crippen LogP contribution >= 0.6 is 23.1 Å². The van der Waals surface area contributed by atoms with Crippen LogP contribution in [0, 0.1) is 24.8 Å². The van der Waals surface area contributed by atoms with Gasteiger partial charge in [-0.05, 0) is 63.2 Å². The molecule has 0 aromatic carbocycles. The Balaban J connectivity index is 1.89. The first-order valence-corrected chi connectivity index (χ1v) is 14.1. The largest absolute Gasteiger partial charge is 0.326 e. The topological polar surface area (TPSA) is 55.1 Å². The second kappa shape index (κ2) is 13.1. The minimum Gasteiger partial charge on any atom is -0.326 e. The molecule has 0 saturated carbocycles. The highest BCUT2D eigenvalue weighted by Crippen LogP contribution is 2.32. The van der Waals surface area contributed by atoms with E-state index in [1.807, 2.05) is 26.4 Å². The minimum atomic E-state index is -0.0198. The normalized spacial score (nSPS) is 16.5. The first kappa shape index (κ1) is 25.7. The number of aromatic nitrogens is 3. The number of imidazole rings is 1. The average Bonchev–Trinajstić information content (AvgIpc) is 3.44. The summed E-state index contributed by atoms with van der Waals surface area (Å²) in [7, 11) is 1.99. The van der Waals surface area contributed by atoms with Crippen molar-refractivity contribution in [1.82, 2.24) is 19.9 Å². The van der Waals surface area contributed by atoms with Crippen molar-refractivity contribution >= 4 is 29.3 Å². The second-order valence-corrected chi connectivity index (χ2v) is 10.7. The van der Waals surface area contributed by atoms with Gasteiger partial charge >= 0.3 is 0 Å². The van der Waals surface area contributed by atoms with E-state index in [2.05, 4.69) is 64.8 Å². The van der Waals surface area contributed by atoms with Crippen molar-refractivity contribution in [1.29, 1.82) is 0 Å². The smallest absolute Gasteiger partial charge is 0.169 e. The van der Waals surface area contributed by atoms with E-state index in [-0.39, 0.29) is 6.04 Å². The second-order valence-electron chi connectivity index (χ2n) is 8.57. The quantitative estimate of drug-likeness (QED) is 0.337. The lowest BCUT2D eigenvalue weighted by Crippen LogP contribution is -2.21. The predicted molar refractivity (Wildman–Crippen MR) is 144 cm³/mol. The van der Waals surface area contributed by atoms with Gasteiger partial charge in [-0.1, -0.05) is 31.8 Å². The SMILES string of the molecule is CCC#CN=C/C(=C(\C)CCC)C(NC)c1csc(-c2ncc(C)n2CC2CCSCC2)n1. The van der Waals surface area contributed by atoms with Crippen LogP contribution in [0.5, 0.6) is 0 Å². The fraction of sp³-hybridized carbons (Fsp3) is 0.577. The van der Waals surface area contributed by atoms with Gasteiger partial charge in [0.25, 0.3) is 0 Å². The van der Waals surface area contributed by atoms with E-state index in [4.69, 9.17) is 9.97 Å². The van der Waals surface area contributed by atoms with E-state index in [0.717, 1.165) is 53.8 Å². The zero-order valence-electron chi connectivity index (χ0n) is 20.6. The van der Waals surface area contributed by atoms with Gasteiger partial charge in [0, 0.05) is 42.5 Å². The summed E-state index contributed by atoms with van der Waals surface area (Å²) in [5, 5.41) is 6.61. The van der Waals surface area contributed by atoms with Gasteiger partial charge in [-0.3, -0.25) is 0 Å². The fourth-order valence-electron chi connectivity index (χ4n) is 4.21. The number of likely N-dealkylation sites (N-methyl/N-ethyl adjacent to an activating group) is 1. The van der Waals surface area contributed by atoms with Crippen molar-refractivity contribution in [3.05, 3.63) is 34.1 Å². The lowest BCUT2D eigenvalue weighted by molar-refractivity contribution is 0.415. The Morgan fingerprint density at radius 1 is 1.36 bits per heavy atom. The van der Waals surface area contributed by atoms with Crippen molar-refractivity contribution in [3.8, 4) is 22.8 Å². The van der Waals surface area contributed by atoms with Gasteiger partial charge in [-0.15, -0.1) is 11.3 Å². The Morgan fingerprint density at radius 3 is 2.85 bits per heavy atom. The van der Waals surface area contributed by atoms with Gasteiger partial charge in [0.2, 0.25) is 0 Å². The third kappa shape index (κ3) is 6.81. The molecule has 1 aliphatic heterocycles. The molecule has 1 aliphatic rings. The van der Waals surface area contributed by atoms with Gasteiger partial charge in [-0.25, -0.2) is 15.0 Å². The lowest BCUT2D eigenvalue weighted by atomic mass is 9.97. The van der Waals surface area contributed by atoms with Crippen molar-refractivity contribution in [3.63, 3.8) is 0 Å². The Hall–Kier alpha value is -1.88. The zero-order valence-corrected chi connectivity index (χ0v) is 22.3. The molecule has 3 heterocycles. The van der Waals surface area contributed by atoms with Crippen molar-refractivity contribution < 1.29 is 0 Å². The highest BCUT2D eigenvalue weighted by Gasteiger charge is 2.23. The first-order valence-electron chi connectivity index (χ1n) is 12.0. The summed E-state index contributed by atoms with van der Waals surface area (Å²) in [6.07, 6.45) is 9.41. The molecular formula is C26H37N5S2. The molecule has 0 bridgehead atoms. The maximum absolute atomic E-state index is 5.06. The highest BCUT2D eigenvalue weighted by atomic mass is 32.2. The van der Waals surface area contributed by atoms with Crippen LogP contribution in [0.2, 0.25) is 0 Å². The molecule has 1 saturated heterocycles.